The van der Waals surface area contributed by atoms with Gasteiger partial charge in [0.15, 0.2) is 15.0 Å². The second kappa shape index (κ2) is 7.56. The van der Waals surface area contributed by atoms with E-state index in [0.717, 1.165) is 22.1 Å². The van der Waals surface area contributed by atoms with E-state index in [1.165, 1.54) is 11.8 Å². The number of nitrogens with zero attached hydrogens (tertiary/aromatic N) is 2. The van der Waals surface area contributed by atoms with Crippen LogP contribution in [-0.2, 0) is 14.6 Å². The monoisotopic (exact) mass is 492 g/mol. The van der Waals surface area contributed by atoms with E-state index in [1.807, 2.05) is 43.0 Å². The molecule has 2 aliphatic heterocycles. The summed E-state index contributed by atoms with van der Waals surface area (Å²) in [5.74, 6) is 0.0935. The molecule has 0 spiro atoms. The van der Waals surface area contributed by atoms with Crippen molar-refractivity contribution >= 4 is 61.0 Å². The van der Waals surface area contributed by atoms with Gasteiger partial charge in [-0.05, 0) is 53.6 Å². The summed E-state index contributed by atoms with van der Waals surface area (Å²) in [4.78, 5) is 18.9. The zero-order valence-corrected chi connectivity index (χ0v) is 18.0. The summed E-state index contributed by atoms with van der Waals surface area (Å²) in [6.07, 6.45) is 1.53. The quantitative estimate of drug-likeness (QED) is 0.604. The van der Waals surface area contributed by atoms with Gasteiger partial charge in [0, 0.05) is 20.4 Å². The van der Waals surface area contributed by atoms with Crippen LogP contribution in [0, 0.1) is 9.49 Å². The Balaban J connectivity index is 1.99. The Morgan fingerprint density at radius 2 is 2.08 bits per heavy atom. The minimum absolute atomic E-state index is 0.0591. The number of aliphatic imine (C=N–C) groups is 1. The summed E-state index contributed by atoms with van der Waals surface area (Å²) >= 11 is 3.67. The van der Waals surface area contributed by atoms with Gasteiger partial charge in [-0.2, -0.15) is 4.99 Å². The average molecular weight is 492 g/mol. The molecule has 2 aliphatic rings. The molecule has 5 nitrogen and oxygen atoms in total. The molecule has 2 saturated heterocycles. The highest BCUT2D eigenvalue weighted by Crippen LogP contribution is 2.41. The molecule has 8 heteroatoms. The standard InChI is InChI=1S/C17H21IN2O3S2/c1-3-11(4-2)16(21)19-17-20(13-7-5-6-12(18)8-13)14-9-25(22,23)10-15(14)24-17/h5-8,11,14-15H,3-4,9-10H2,1-2H3/t14-,15+/m1/s1. The van der Waals surface area contributed by atoms with Crippen molar-refractivity contribution in [3.05, 3.63) is 27.8 Å². The fraction of sp³-hybridized carbons (Fsp3) is 0.529. The summed E-state index contributed by atoms with van der Waals surface area (Å²) in [5, 5.41) is 0.583. The van der Waals surface area contributed by atoms with E-state index < -0.39 is 9.84 Å². The van der Waals surface area contributed by atoms with Crippen LogP contribution in [-0.4, -0.2) is 42.3 Å². The highest BCUT2D eigenvalue weighted by Gasteiger charge is 2.49. The fourth-order valence-corrected chi connectivity index (χ4v) is 7.76. The summed E-state index contributed by atoms with van der Waals surface area (Å²) in [6, 6.07) is 7.74. The molecular weight excluding hydrogens is 471 g/mol. The van der Waals surface area contributed by atoms with Gasteiger partial charge >= 0.3 is 0 Å². The third kappa shape index (κ3) is 4.05. The van der Waals surface area contributed by atoms with Crippen molar-refractivity contribution in [3.8, 4) is 0 Å². The topological polar surface area (TPSA) is 66.8 Å². The Morgan fingerprint density at radius 3 is 2.72 bits per heavy atom. The maximum Gasteiger partial charge on any atom is 0.251 e. The van der Waals surface area contributed by atoms with Crippen LogP contribution in [0.15, 0.2) is 29.3 Å². The lowest BCUT2D eigenvalue weighted by Gasteiger charge is -2.25. The first-order chi connectivity index (χ1) is 11.8. The third-order valence-corrected chi connectivity index (χ3v) is 8.57. The van der Waals surface area contributed by atoms with Gasteiger partial charge in [-0.3, -0.25) is 4.79 Å². The van der Waals surface area contributed by atoms with E-state index in [4.69, 9.17) is 0 Å². The van der Waals surface area contributed by atoms with Gasteiger partial charge in [-0.1, -0.05) is 31.7 Å². The average Bonchev–Trinajstić information content (AvgIpc) is 2.99. The smallest absolute Gasteiger partial charge is 0.251 e. The van der Waals surface area contributed by atoms with Crippen molar-refractivity contribution in [1.29, 1.82) is 0 Å². The lowest BCUT2D eigenvalue weighted by Crippen LogP contribution is -2.38. The Bertz CT molecular complexity index is 806. The predicted octanol–water partition coefficient (Wildman–Crippen LogP) is 3.33. The zero-order chi connectivity index (χ0) is 18.2. The second-order valence-corrected chi connectivity index (χ2v) is 11.0. The molecule has 0 N–H and O–H groups in total. The number of amidine groups is 1. The number of sulfone groups is 1. The fourth-order valence-electron chi connectivity index (χ4n) is 3.32. The Kier molecular flexibility index (Phi) is 5.79. The number of carbonyl (C=O) groups is 1. The van der Waals surface area contributed by atoms with Gasteiger partial charge in [0.25, 0.3) is 5.91 Å². The van der Waals surface area contributed by atoms with Crippen LogP contribution in [0.1, 0.15) is 26.7 Å². The molecule has 0 aliphatic carbocycles. The van der Waals surface area contributed by atoms with Gasteiger partial charge in [-0.25, -0.2) is 8.42 Å². The van der Waals surface area contributed by atoms with E-state index in [-0.39, 0.29) is 34.6 Å². The van der Waals surface area contributed by atoms with Gasteiger partial charge in [0.2, 0.25) is 0 Å². The maximum atomic E-state index is 12.5. The van der Waals surface area contributed by atoms with Crippen molar-refractivity contribution in [2.24, 2.45) is 10.9 Å². The summed E-state index contributed by atoms with van der Waals surface area (Å²) in [5.41, 5.74) is 0.903. The first kappa shape index (κ1) is 19.2. The Morgan fingerprint density at radius 1 is 1.36 bits per heavy atom. The van der Waals surface area contributed by atoms with Crippen molar-refractivity contribution < 1.29 is 13.2 Å². The highest BCUT2D eigenvalue weighted by molar-refractivity contribution is 14.1. The predicted molar refractivity (Wildman–Crippen MR) is 112 cm³/mol. The number of carbonyl (C=O) groups excluding carboxylic acids is 1. The normalized spacial score (nSPS) is 26.4. The molecule has 136 valence electrons. The van der Waals surface area contributed by atoms with Crippen LogP contribution in [0.5, 0.6) is 0 Å². The van der Waals surface area contributed by atoms with Gasteiger partial charge in [0.1, 0.15) is 0 Å². The number of fused-ring (bicyclic) bond motifs is 1. The number of halogens is 1. The van der Waals surface area contributed by atoms with E-state index in [9.17, 15) is 13.2 Å². The number of amides is 1. The van der Waals surface area contributed by atoms with Crippen LogP contribution in [0.4, 0.5) is 5.69 Å². The SMILES string of the molecule is CCC(CC)C(=O)N=C1S[C@H]2CS(=O)(=O)C[C@H]2N1c1cccc(I)c1. The van der Waals surface area contributed by atoms with Crippen LogP contribution >= 0.6 is 34.4 Å². The molecule has 0 aromatic heterocycles. The molecule has 2 fully saturated rings. The molecule has 2 heterocycles. The van der Waals surface area contributed by atoms with Crippen molar-refractivity contribution in [3.63, 3.8) is 0 Å². The number of hydrogen-bond acceptors (Lipinski definition) is 4. The van der Waals surface area contributed by atoms with E-state index in [1.54, 1.807) is 0 Å². The van der Waals surface area contributed by atoms with Gasteiger partial charge < -0.3 is 4.90 Å². The van der Waals surface area contributed by atoms with Crippen LogP contribution < -0.4 is 4.90 Å². The Hall–Kier alpha value is -0.610. The molecule has 0 radical (unpaired) electrons. The minimum Gasteiger partial charge on any atom is -0.316 e. The first-order valence-electron chi connectivity index (χ1n) is 8.39. The molecule has 1 aromatic carbocycles. The molecule has 1 amide bonds. The lowest BCUT2D eigenvalue weighted by atomic mass is 10.0. The van der Waals surface area contributed by atoms with Crippen molar-refractivity contribution in [2.45, 2.75) is 38.0 Å². The molecule has 0 bridgehead atoms. The molecular formula is C17H21IN2O3S2. The van der Waals surface area contributed by atoms with Crippen LogP contribution in [0.25, 0.3) is 0 Å². The Labute approximate surface area is 166 Å². The zero-order valence-electron chi connectivity index (χ0n) is 14.2. The van der Waals surface area contributed by atoms with E-state index in [2.05, 4.69) is 27.6 Å². The van der Waals surface area contributed by atoms with Crippen LogP contribution in [0.3, 0.4) is 0 Å². The minimum atomic E-state index is -3.04. The second-order valence-electron chi connectivity index (χ2n) is 6.40. The third-order valence-electron chi connectivity index (χ3n) is 4.69. The lowest BCUT2D eigenvalue weighted by molar-refractivity contribution is -0.121. The molecule has 2 atom stereocenters. The molecule has 3 rings (SSSR count). The number of anilines is 1. The molecule has 25 heavy (non-hydrogen) atoms. The summed E-state index contributed by atoms with van der Waals surface area (Å²) in [7, 11) is -3.04. The number of rotatable bonds is 4. The summed E-state index contributed by atoms with van der Waals surface area (Å²) < 4.78 is 25.2. The summed E-state index contributed by atoms with van der Waals surface area (Å²) in [6.45, 7) is 3.99. The highest BCUT2D eigenvalue weighted by atomic mass is 127. The van der Waals surface area contributed by atoms with Crippen molar-refractivity contribution in [2.75, 3.05) is 16.4 Å². The van der Waals surface area contributed by atoms with Crippen molar-refractivity contribution in [1.82, 2.24) is 0 Å². The molecule has 0 saturated carbocycles. The van der Waals surface area contributed by atoms with Crippen LogP contribution in [0.2, 0.25) is 0 Å². The van der Waals surface area contributed by atoms with E-state index in [0.29, 0.717) is 5.17 Å². The number of thioether (sulfide) groups is 1. The largest absolute Gasteiger partial charge is 0.316 e. The number of benzene rings is 1. The maximum absolute atomic E-state index is 12.5. The van der Waals surface area contributed by atoms with Gasteiger partial charge in [-0.15, -0.1) is 0 Å². The first-order valence-corrected chi connectivity index (χ1v) is 12.2. The van der Waals surface area contributed by atoms with Gasteiger partial charge in [0.05, 0.1) is 17.5 Å². The van der Waals surface area contributed by atoms with E-state index >= 15 is 0 Å². The number of hydrogen-bond donors (Lipinski definition) is 0. The molecule has 0 unspecified atom stereocenters. The molecule has 1 aromatic rings.